The lowest BCUT2D eigenvalue weighted by Gasteiger charge is -2.32. The van der Waals surface area contributed by atoms with E-state index in [1.165, 1.54) is 90.1 Å². The fourth-order valence-electron chi connectivity index (χ4n) is 2.98. The zero-order chi connectivity index (χ0) is 13.1. The van der Waals surface area contributed by atoms with Gasteiger partial charge in [-0.15, -0.1) is 0 Å². The molecule has 0 N–H and O–H groups in total. The second-order valence-corrected chi connectivity index (χ2v) is 6.01. The molecule has 0 amide bonds. The van der Waals surface area contributed by atoms with Crippen LogP contribution < -0.4 is 0 Å². The van der Waals surface area contributed by atoms with Gasteiger partial charge in [-0.25, -0.2) is 0 Å². The van der Waals surface area contributed by atoms with Crippen LogP contribution in [-0.2, 0) is 0 Å². The van der Waals surface area contributed by atoms with E-state index in [1.54, 1.807) is 0 Å². The molecule has 1 aliphatic rings. The van der Waals surface area contributed by atoms with Crippen molar-refractivity contribution in [3.63, 3.8) is 0 Å². The van der Waals surface area contributed by atoms with Gasteiger partial charge in [0.25, 0.3) is 0 Å². The topological polar surface area (TPSA) is 3.24 Å². The molecule has 1 atom stereocenters. The van der Waals surface area contributed by atoms with Crippen molar-refractivity contribution in [2.75, 3.05) is 13.1 Å². The Hall–Kier alpha value is -0.0400. The molecule has 0 spiro atoms. The summed E-state index contributed by atoms with van der Waals surface area (Å²) in [6.07, 6.45) is 16.9. The Morgan fingerprint density at radius 1 is 0.833 bits per heavy atom. The van der Waals surface area contributed by atoms with Crippen LogP contribution in [0.3, 0.4) is 0 Å². The Kier molecular flexibility index (Phi) is 9.65. The Balaban J connectivity index is 1.87. The summed E-state index contributed by atoms with van der Waals surface area (Å²) in [6, 6.07) is 0.588. The third kappa shape index (κ3) is 7.41. The molecular formula is C17H34N. The van der Waals surface area contributed by atoms with E-state index in [4.69, 9.17) is 0 Å². The lowest BCUT2D eigenvalue weighted by molar-refractivity contribution is 0.179. The third-order valence-electron chi connectivity index (χ3n) is 4.30. The molecule has 0 aromatic heterocycles. The molecule has 107 valence electrons. The van der Waals surface area contributed by atoms with Crippen LogP contribution in [0.25, 0.3) is 0 Å². The van der Waals surface area contributed by atoms with Crippen LogP contribution in [-0.4, -0.2) is 24.0 Å². The van der Waals surface area contributed by atoms with Crippen LogP contribution in [0, 0.1) is 6.92 Å². The summed E-state index contributed by atoms with van der Waals surface area (Å²) >= 11 is 0. The Labute approximate surface area is 115 Å². The van der Waals surface area contributed by atoms with Gasteiger partial charge in [-0.05, 0) is 39.3 Å². The fraction of sp³-hybridized carbons (Fsp3) is 0.941. The maximum atomic E-state index is 4.35. The summed E-state index contributed by atoms with van der Waals surface area (Å²) in [5.41, 5.74) is 0. The normalized spacial score (nSPS) is 19.0. The van der Waals surface area contributed by atoms with Gasteiger partial charge in [0.05, 0.1) is 0 Å². The van der Waals surface area contributed by atoms with E-state index in [-0.39, 0.29) is 0 Å². The largest absolute Gasteiger partial charge is 0.300 e. The van der Waals surface area contributed by atoms with E-state index < -0.39 is 0 Å². The summed E-state index contributed by atoms with van der Waals surface area (Å²) in [7, 11) is 0. The number of hydrogen-bond acceptors (Lipinski definition) is 1. The number of likely N-dealkylation sites (tertiary alicyclic amines) is 1. The Morgan fingerprint density at radius 2 is 1.39 bits per heavy atom. The molecule has 0 aromatic rings. The van der Waals surface area contributed by atoms with E-state index in [0.717, 1.165) is 0 Å². The van der Waals surface area contributed by atoms with Gasteiger partial charge in [0.1, 0.15) is 0 Å². The first-order valence-electron chi connectivity index (χ1n) is 8.41. The van der Waals surface area contributed by atoms with E-state index in [1.807, 2.05) is 0 Å². The second-order valence-electron chi connectivity index (χ2n) is 6.01. The van der Waals surface area contributed by atoms with Crippen molar-refractivity contribution < 1.29 is 0 Å². The predicted molar refractivity (Wildman–Crippen MR) is 81.8 cm³/mol. The zero-order valence-corrected chi connectivity index (χ0v) is 12.6. The van der Waals surface area contributed by atoms with Crippen molar-refractivity contribution in [3.05, 3.63) is 6.92 Å². The fourth-order valence-corrected chi connectivity index (χ4v) is 2.98. The highest BCUT2D eigenvalue weighted by Crippen LogP contribution is 2.16. The first-order chi connectivity index (χ1) is 8.84. The Morgan fingerprint density at radius 3 is 2.00 bits per heavy atom. The minimum Gasteiger partial charge on any atom is -0.300 e. The molecule has 0 saturated carbocycles. The molecule has 1 heterocycles. The molecule has 18 heavy (non-hydrogen) atoms. The lowest BCUT2D eigenvalue weighted by atomic mass is 10.0. The lowest BCUT2D eigenvalue weighted by Crippen LogP contribution is -2.37. The van der Waals surface area contributed by atoms with Crippen molar-refractivity contribution in [3.8, 4) is 0 Å². The van der Waals surface area contributed by atoms with Crippen LogP contribution >= 0.6 is 0 Å². The summed E-state index contributed by atoms with van der Waals surface area (Å²) in [5.74, 6) is 0. The van der Waals surface area contributed by atoms with Crippen molar-refractivity contribution in [1.29, 1.82) is 0 Å². The molecule has 1 fully saturated rings. The molecule has 1 radical (unpaired) electrons. The highest BCUT2D eigenvalue weighted by Gasteiger charge is 2.15. The van der Waals surface area contributed by atoms with Crippen molar-refractivity contribution in [2.45, 2.75) is 90.0 Å². The molecule has 1 rings (SSSR count). The van der Waals surface area contributed by atoms with Crippen LogP contribution in [0.5, 0.6) is 0 Å². The smallest absolute Gasteiger partial charge is 0.00958 e. The van der Waals surface area contributed by atoms with Crippen molar-refractivity contribution in [2.24, 2.45) is 0 Å². The monoisotopic (exact) mass is 252 g/mol. The van der Waals surface area contributed by atoms with Gasteiger partial charge in [-0.3, -0.25) is 0 Å². The van der Waals surface area contributed by atoms with Gasteiger partial charge in [-0.2, -0.15) is 0 Å². The number of rotatable bonds is 10. The van der Waals surface area contributed by atoms with Gasteiger partial charge in [0.15, 0.2) is 0 Å². The van der Waals surface area contributed by atoms with Gasteiger partial charge >= 0.3 is 0 Å². The number of unbranched alkanes of at least 4 members (excludes halogenated alkanes) is 7. The highest BCUT2D eigenvalue weighted by atomic mass is 15.1. The maximum Gasteiger partial charge on any atom is 0.00958 e. The molecule has 1 unspecified atom stereocenters. The van der Waals surface area contributed by atoms with Crippen LogP contribution in [0.4, 0.5) is 0 Å². The first kappa shape index (κ1) is 16.0. The second kappa shape index (κ2) is 10.8. The average Bonchev–Trinajstić information content (AvgIpc) is 2.42. The van der Waals surface area contributed by atoms with Crippen molar-refractivity contribution in [1.82, 2.24) is 4.90 Å². The summed E-state index contributed by atoms with van der Waals surface area (Å²) < 4.78 is 0. The average molecular weight is 252 g/mol. The predicted octanol–water partition coefficient (Wildman–Crippen LogP) is 5.21. The molecule has 0 aromatic carbocycles. The van der Waals surface area contributed by atoms with E-state index >= 15 is 0 Å². The summed E-state index contributed by atoms with van der Waals surface area (Å²) in [6.45, 7) is 9.23. The van der Waals surface area contributed by atoms with Gasteiger partial charge in [-0.1, -0.05) is 64.7 Å². The number of piperidine rings is 1. The maximum absolute atomic E-state index is 4.35. The summed E-state index contributed by atoms with van der Waals surface area (Å²) in [5, 5.41) is 0. The Bertz CT molecular complexity index is 172. The van der Waals surface area contributed by atoms with Gasteiger partial charge < -0.3 is 4.90 Å². The molecule has 1 nitrogen and oxygen atoms in total. The molecule has 0 bridgehead atoms. The molecule has 0 aliphatic carbocycles. The molecule has 1 heteroatoms. The van der Waals surface area contributed by atoms with Crippen LogP contribution in [0.2, 0.25) is 0 Å². The van der Waals surface area contributed by atoms with E-state index in [2.05, 4.69) is 18.7 Å². The van der Waals surface area contributed by atoms with Gasteiger partial charge in [0, 0.05) is 6.04 Å². The van der Waals surface area contributed by atoms with Crippen LogP contribution in [0.1, 0.15) is 84.0 Å². The quantitative estimate of drug-likeness (QED) is 0.483. The number of nitrogens with zero attached hydrogens (tertiary/aromatic N) is 1. The molecule has 1 saturated heterocycles. The van der Waals surface area contributed by atoms with Crippen LogP contribution in [0.15, 0.2) is 0 Å². The van der Waals surface area contributed by atoms with E-state index in [9.17, 15) is 0 Å². The first-order valence-corrected chi connectivity index (χ1v) is 8.41. The standard InChI is InChI=1S/C17H34N/c1-3-4-5-6-7-8-9-11-14-17(2)18-15-12-10-13-16-18/h17H,2-16H2,1H3. The molecular weight excluding hydrogens is 218 g/mol. The third-order valence-corrected chi connectivity index (χ3v) is 4.30. The minimum atomic E-state index is 0.588. The van der Waals surface area contributed by atoms with E-state index in [0.29, 0.717) is 6.04 Å². The number of hydrogen-bond donors (Lipinski definition) is 0. The molecule has 1 aliphatic heterocycles. The van der Waals surface area contributed by atoms with Gasteiger partial charge in [0.2, 0.25) is 0 Å². The summed E-state index contributed by atoms with van der Waals surface area (Å²) in [4.78, 5) is 2.60. The van der Waals surface area contributed by atoms with Crippen molar-refractivity contribution >= 4 is 0 Å². The minimum absolute atomic E-state index is 0.588. The SMILES string of the molecule is [CH2]C(CCCCCCCCCC)N1CCCCC1. The highest BCUT2D eigenvalue weighted by molar-refractivity contribution is 4.76. The zero-order valence-electron chi connectivity index (χ0n) is 12.6.